The number of phosphoric acid groups is 1. The van der Waals surface area contributed by atoms with Gasteiger partial charge in [-0.3, -0.25) is 0 Å². The van der Waals surface area contributed by atoms with E-state index in [0.29, 0.717) is 39.7 Å². The summed E-state index contributed by atoms with van der Waals surface area (Å²) < 4.78 is 47.9. The fourth-order valence-electron chi connectivity index (χ4n) is 3.19. The number of fused-ring (bicyclic) bond motifs is 1. The Labute approximate surface area is 233 Å². The van der Waals surface area contributed by atoms with Crippen LogP contribution in [0.25, 0.3) is 22.5 Å². The summed E-state index contributed by atoms with van der Waals surface area (Å²) in [6.45, 7) is 0.0548. The summed E-state index contributed by atoms with van der Waals surface area (Å²) in [6.07, 6.45) is 1.42. The number of methoxy groups -OCH3 is 3. The fourth-order valence-corrected chi connectivity index (χ4v) is 3.56. The van der Waals surface area contributed by atoms with Crippen LogP contribution in [0.1, 0.15) is 0 Å². The summed E-state index contributed by atoms with van der Waals surface area (Å²) in [5.41, 5.74) is 1.41. The molecule has 2 aromatic carbocycles. The fraction of sp³-hybridized carbons (Fsp3) is 0.211. The number of aromatic nitrogens is 1. The third kappa shape index (κ3) is 5.82. The Bertz CT molecular complexity index is 1180. The Morgan fingerprint density at radius 2 is 1.58 bits per heavy atom. The molecule has 3 aromatic rings. The number of hydrogen-bond donors (Lipinski definition) is 0. The van der Waals surface area contributed by atoms with Gasteiger partial charge in [0.15, 0.2) is 28.8 Å². The zero-order chi connectivity index (χ0) is 22.2. The molecule has 11 nitrogen and oxygen atoms in total. The summed E-state index contributed by atoms with van der Waals surface area (Å²) in [4.78, 5) is 22.4. The molecule has 0 fully saturated rings. The Hall–Kier alpha value is -1.40. The Kier molecular flexibility index (Phi) is 9.58. The van der Waals surface area contributed by atoms with Crippen molar-refractivity contribution in [2.24, 2.45) is 0 Å². The second-order valence-electron chi connectivity index (χ2n) is 6.23. The van der Waals surface area contributed by atoms with Crippen LogP contribution in [0.5, 0.6) is 34.5 Å². The van der Waals surface area contributed by atoms with E-state index >= 15 is 0 Å². The molecule has 0 bridgehead atoms. The van der Waals surface area contributed by atoms with Crippen LogP contribution in [-0.2, 0) is 4.57 Å². The molecule has 1 aromatic heterocycles. The summed E-state index contributed by atoms with van der Waals surface area (Å²) in [7, 11) is -1.23. The molecular weight excluding hydrogens is 479 g/mol. The smallest absolute Gasteiger partial charge is 0.780 e. The van der Waals surface area contributed by atoms with Gasteiger partial charge in [-0.15, -0.1) is 0 Å². The number of rotatable bonds is 7. The van der Waals surface area contributed by atoms with Crippen molar-refractivity contribution in [2.45, 2.75) is 0 Å². The van der Waals surface area contributed by atoms with E-state index in [-0.39, 0.29) is 83.2 Å². The van der Waals surface area contributed by atoms with Crippen molar-refractivity contribution in [3.05, 3.63) is 30.5 Å². The summed E-state index contributed by atoms with van der Waals surface area (Å²) in [6, 6.07) is 6.24. The standard InChI is InChI=1S/C19H18NO10P.2Na/c1-24-13-4-10(5-16(18(13)26-3)30-31(21,22)23)12-8-20-29-17(12)11-6-14(25-2)19-15(7-11)27-9-28-19;;/h4-8H,9H2,1-3H3,(H2,21,22,23);;/q;2*+1/p-2. The van der Waals surface area contributed by atoms with Crippen LogP contribution in [0.2, 0.25) is 0 Å². The van der Waals surface area contributed by atoms with E-state index in [1.807, 2.05) is 0 Å². The summed E-state index contributed by atoms with van der Waals surface area (Å²) in [5.74, 6) is 1.44. The third-order valence-electron chi connectivity index (χ3n) is 4.46. The predicted octanol–water partition coefficient (Wildman–Crippen LogP) is -4.02. The van der Waals surface area contributed by atoms with Crippen molar-refractivity contribution >= 4 is 7.82 Å². The zero-order valence-electron chi connectivity index (χ0n) is 18.6. The zero-order valence-corrected chi connectivity index (χ0v) is 23.5. The van der Waals surface area contributed by atoms with E-state index in [1.54, 1.807) is 18.2 Å². The van der Waals surface area contributed by atoms with Gasteiger partial charge in [-0.25, -0.2) is 0 Å². The topological polar surface area (TPSA) is 145 Å². The van der Waals surface area contributed by atoms with Crippen LogP contribution in [-0.4, -0.2) is 33.3 Å². The molecule has 0 N–H and O–H groups in total. The summed E-state index contributed by atoms with van der Waals surface area (Å²) >= 11 is 0. The van der Waals surface area contributed by atoms with E-state index in [2.05, 4.69) is 9.68 Å². The van der Waals surface area contributed by atoms with Crippen molar-refractivity contribution < 1.29 is 106 Å². The first-order chi connectivity index (χ1) is 14.8. The van der Waals surface area contributed by atoms with Crippen molar-refractivity contribution in [2.75, 3.05) is 28.1 Å². The quantitative estimate of drug-likeness (QED) is 0.234. The molecule has 164 valence electrons. The van der Waals surface area contributed by atoms with Crippen LogP contribution < -0.4 is 97.1 Å². The minimum atomic E-state index is -5.37. The molecule has 2 heterocycles. The van der Waals surface area contributed by atoms with Gasteiger partial charge in [0.05, 0.1) is 27.5 Å². The Balaban J connectivity index is 0.00000193. The first-order valence-electron chi connectivity index (χ1n) is 8.75. The molecule has 0 saturated carbocycles. The first kappa shape index (κ1) is 27.8. The van der Waals surface area contributed by atoms with E-state index in [0.717, 1.165) is 0 Å². The van der Waals surface area contributed by atoms with E-state index in [4.69, 9.17) is 28.2 Å². The molecule has 0 amide bonds. The monoisotopic (exact) mass is 495 g/mol. The van der Waals surface area contributed by atoms with Gasteiger partial charge in [-0.1, -0.05) is 5.16 Å². The molecule has 0 aliphatic carbocycles. The first-order valence-corrected chi connectivity index (χ1v) is 10.2. The second kappa shape index (κ2) is 11.4. The molecule has 0 radical (unpaired) electrons. The average molecular weight is 495 g/mol. The molecule has 14 heteroatoms. The second-order valence-corrected chi connectivity index (χ2v) is 7.31. The van der Waals surface area contributed by atoms with Crippen LogP contribution in [0, 0.1) is 0 Å². The van der Waals surface area contributed by atoms with E-state index in [1.165, 1.54) is 33.6 Å². The van der Waals surface area contributed by atoms with Gasteiger partial charge in [0.1, 0.15) is 7.82 Å². The molecule has 33 heavy (non-hydrogen) atoms. The van der Waals surface area contributed by atoms with Gasteiger partial charge in [-0.2, -0.15) is 0 Å². The average Bonchev–Trinajstić information content (AvgIpc) is 3.40. The van der Waals surface area contributed by atoms with Crippen molar-refractivity contribution in [3.63, 3.8) is 0 Å². The Morgan fingerprint density at radius 3 is 2.21 bits per heavy atom. The number of benzene rings is 2. The maximum absolute atomic E-state index is 11.2. The minimum Gasteiger partial charge on any atom is -0.780 e. The van der Waals surface area contributed by atoms with Crippen LogP contribution in [0.4, 0.5) is 0 Å². The maximum Gasteiger partial charge on any atom is 1.00 e. The predicted molar refractivity (Wildman–Crippen MR) is 101 cm³/mol. The number of hydrogen-bond acceptors (Lipinski definition) is 11. The van der Waals surface area contributed by atoms with Crippen LogP contribution >= 0.6 is 7.82 Å². The number of ether oxygens (including phenoxy) is 5. The maximum atomic E-state index is 11.2. The van der Waals surface area contributed by atoms with Gasteiger partial charge >= 0.3 is 59.1 Å². The Morgan fingerprint density at radius 1 is 0.909 bits per heavy atom. The molecule has 0 saturated heterocycles. The third-order valence-corrected chi connectivity index (χ3v) is 4.88. The molecule has 1 aliphatic heterocycles. The molecule has 4 rings (SSSR count). The minimum absolute atomic E-state index is 0. The van der Waals surface area contributed by atoms with Gasteiger partial charge in [0.25, 0.3) is 0 Å². The molecule has 1 aliphatic rings. The number of phosphoric ester groups is 1. The molecule has 0 unspecified atom stereocenters. The van der Waals surface area contributed by atoms with Crippen molar-refractivity contribution in [1.82, 2.24) is 5.16 Å². The largest absolute Gasteiger partial charge is 1.00 e. The van der Waals surface area contributed by atoms with Crippen LogP contribution in [0.15, 0.2) is 35.0 Å². The SMILES string of the molecule is COc1cc(-c2cnoc2-c2cc(OC)c3c(c2)OCO3)cc(OP(=O)([O-])[O-])c1OC.[Na+].[Na+]. The van der Waals surface area contributed by atoms with E-state index in [9.17, 15) is 14.4 Å². The van der Waals surface area contributed by atoms with E-state index < -0.39 is 7.82 Å². The van der Waals surface area contributed by atoms with Gasteiger partial charge in [-0.05, 0) is 29.8 Å². The van der Waals surface area contributed by atoms with Crippen LogP contribution in [0.3, 0.4) is 0 Å². The van der Waals surface area contributed by atoms with Gasteiger partial charge < -0.3 is 47.1 Å². The van der Waals surface area contributed by atoms with Gasteiger partial charge in [0, 0.05) is 11.1 Å². The van der Waals surface area contributed by atoms with Gasteiger partial charge in [0.2, 0.25) is 18.3 Å². The molecule has 0 atom stereocenters. The van der Waals surface area contributed by atoms with Crippen molar-refractivity contribution in [1.29, 1.82) is 0 Å². The number of nitrogens with zero attached hydrogens (tertiary/aromatic N) is 1. The summed E-state index contributed by atoms with van der Waals surface area (Å²) in [5, 5.41) is 3.85. The van der Waals surface area contributed by atoms with Crippen molar-refractivity contribution in [3.8, 4) is 56.9 Å². The normalized spacial score (nSPS) is 11.8. The molecular formula is C19H16NNa2O10P. The molecule has 0 spiro atoms.